The number of aromatic nitrogens is 1. The normalized spacial score (nSPS) is 27.6. The molecule has 7 heteroatoms. The third-order valence-electron chi connectivity index (χ3n) is 7.38. The van der Waals surface area contributed by atoms with Crippen LogP contribution in [0.15, 0.2) is 48.7 Å². The summed E-state index contributed by atoms with van der Waals surface area (Å²) >= 11 is 0. The van der Waals surface area contributed by atoms with Gasteiger partial charge in [0.1, 0.15) is 5.69 Å². The molecule has 0 atom stereocenters. The Morgan fingerprint density at radius 1 is 0.844 bits per heavy atom. The predicted octanol–water partition coefficient (Wildman–Crippen LogP) is 2.99. The van der Waals surface area contributed by atoms with Crippen LogP contribution < -0.4 is 16.2 Å². The number of benzene rings is 1. The zero-order valence-electron chi connectivity index (χ0n) is 18.0. The van der Waals surface area contributed by atoms with Crippen LogP contribution in [0.5, 0.6) is 0 Å². The van der Waals surface area contributed by atoms with Crippen LogP contribution in [0.1, 0.15) is 64.9 Å². The summed E-state index contributed by atoms with van der Waals surface area (Å²) in [6.45, 7) is 0.457. The van der Waals surface area contributed by atoms with E-state index in [2.05, 4.69) is 21.2 Å². The molecule has 0 aliphatic heterocycles. The molecule has 1 aromatic carbocycles. The molecular weight excluding hydrogens is 404 g/mol. The molecule has 0 saturated heterocycles. The molecule has 1 aromatic heterocycles. The van der Waals surface area contributed by atoms with Gasteiger partial charge in [-0.15, -0.1) is 0 Å². The van der Waals surface area contributed by atoms with Gasteiger partial charge in [0.05, 0.1) is 0 Å². The molecule has 2 aromatic rings. The predicted molar refractivity (Wildman–Crippen MR) is 118 cm³/mol. The average Bonchev–Trinajstić information content (AvgIpc) is 2.80. The quantitative estimate of drug-likeness (QED) is 0.633. The summed E-state index contributed by atoms with van der Waals surface area (Å²) in [5, 5.41) is 3.16. The van der Waals surface area contributed by atoms with E-state index in [0.29, 0.717) is 12.1 Å². The lowest BCUT2D eigenvalue weighted by Gasteiger charge is -2.55. The van der Waals surface area contributed by atoms with Crippen molar-refractivity contribution < 1.29 is 14.4 Å². The average molecular weight is 433 g/mol. The number of rotatable bonds is 5. The number of nitrogens with zero attached hydrogens (tertiary/aromatic N) is 1. The minimum atomic E-state index is -0.483. The van der Waals surface area contributed by atoms with Gasteiger partial charge in [0.15, 0.2) is 0 Å². The maximum absolute atomic E-state index is 13.1. The van der Waals surface area contributed by atoms with Crippen LogP contribution in [0, 0.1) is 23.2 Å². The van der Waals surface area contributed by atoms with E-state index in [9.17, 15) is 14.4 Å². The van der Waals surface area contributed by atoms with Crippen molar-refractivity contribution in [3.05, 3.63) is 65.5 Å². The molecule has 7 nitrogen and oxygen atoms in total. The highest BCUT2D eigenvalue weighted by Crippen LogP contribution is 2.60. The van der Waals surface area contributed by atoms with E-state index in [4.69, 9.17) is 0 Å². The van der Waals surface area contributed by atoms with Crippen molar-refractivity contribution in [2.75, 3.05) is 0 Å². The van der Waals surface area contributed by atoms with Crippen molar-refractivity contribution in [2.24, 2.45) is 23.2 Å². The molecule has 0 spiro atoms. The van der Waals surface area contributed by atoms with Crippen molar-refractivity contribution in [3.8, 4) is 0 Å². The fourth-order valence-corrected chi connectivity index (χ4v) is 6.28. The monoisotopic (exact) mass is 432 g/mol. The minimum Gasteiger partial charge on any atom is -0.352 e. The van der Waals surface area contributed by atoms with E-state index >= 15 is 0 Å². The lowest BCUT2D eigenvalue weighted by molar-refractivity contribution is -0.146. The maximum atomic E-state index is 13.1. The molecule has 0 unspecified atom stereocenters. The first-order chi connectivity index (χ1) is 15.5. The Balaban J connectivity index is 1.13. The van der Waals surface area contributed by atoms with E-state index in [0.717, 1.165) is 42.6 Å². The molecule has 4 aliphatic carbocycles. The molecule has 32 heavy (non-hydrogen) atoms. The van der Waals surface area contributed by atoms with Crippen LogP contribution in [-0.4, -0.2) is 22.7 Å². The van der Waals surface area contributed by atoms with Crippen molar-refractivity contribution >= 4 is 17.7 Å². The molecule has 6 rings (SSSR count). The molecule has 1 heterocycles. The first kappa shape index (κ1) is 20.7. The Labute approximate surface area is 187 Å². The highest BCUT2D eigenvalue weighted by Gasteiger charge is 2.54. The number of hydrogen-bond donors (Lipinski definition) is 3. The van der Waals surface area contributed by atoms with Crippen molar-refractivity contribution in [3.63, 3.8) is 0 Å². The highest BCUT2D eigenvalue weighted by molar-refractivity contribution is 5.98. The van der Waals surface area contributed by atoms with E-state index < -0.39 is 11.8 Å². The summed E-state index contributed by atoms with van der Waals surface area (Å²) in [4.78, 5) is 41.3. The lowest BCUT2D eigenvalue weighted by atomic mass is 9.49. The van der Waals surface area contributed by atoms with E-state index in [1.807, 2.05) is 12.1 Å². The first-order valence-corrected chi connectivity index (χ1v) is 11.4. The Bertz CT molecular complexity index is 984. The van der Waals surface area contributed by atoms with Crippen molar-refractivity contribution in [2.45, 2.75) is 45.1 Å². The molecule has 4 aliphatic rings. The van der Waals surface area contributed by atoms with Crippen LogP contribution >= 0.6 is 0 Å². The standard InChI is InChI=1S/C25H28N4O3/c30-22(28-29-23(31)21-3-1-2-8-26-21)20-6-4-16(5-7-20)15-27-24(32)25-12-17-9-18(13-25)11-19(10-17)14-25/h1-8,17-19H,9-15H2,(H,27,32)(H,28,30)(H,29,31). The van der Waals surface area contributed by atoms with Crippen molar-refractivity contribution in [1.82, 2.24) is 21.2 Å². The summed E-state index contributed by atoms with van der Waals surface area (Å²) in [6.07, 6.45) is 8.61. The summed E-state index contributed by atoms with van der Waals surface area (Å²) in [5.74, 6) is 1.52. The van der Waals surface area contributed by atoms with Gasteiger partial charge in [-0.25, -0.2) is 0 Å². The van der Waals surface area contributed by atoms with E-state index in [1.54, 1.807) is 30.3 Å². The second-order valence-corrected chi connectivity index (χ2v) is 9.70. The van der Waals surface area contributed by atoms with Crippen molar-refractivity contribution in [1.29, 1.82) is 0 Å². The number of hydrazine groups is 1. The Morgan fingerprint density at radius 2 is 1.47 bits per heavy atom. The fraction of sp³-hybridized carbons (Fsp3) is 0.440. The topological polar surface area (TPSA) is 100 Å². The summed E-state index contributed by atoms with van der Waals surface area (Å²) < 4.78 is 0. The van der Waals surface area contributed by atoms with Gasteiger partial charge in [-0.05, 0) is 86.1 Å². The van der Waals surface area contributed by atoms with Crippen LogP contribution in [0.25, 0.3) is 0 Å². The molecular formula is C25H28N4O3. The van der Waals surface area contributed by atoms with Gasteiger partial charge in [0, 0.05) is 23.7 Å². The Kier molecular flexibility index (Phi) is 5.41. The number of carbonyl (C=O) groups excluding carboxylic acids is 3. The fourth-order valence-electron chi connectivity index (χ4n) is 6.28. The molecule has 0 radical (unpaired) electrons. The summed E-state index contributed by atoms with van der Waals surface area (Å²) in [6, 6.07) is 12.0. The molecule has 3 N–H and O–H groups in total. The largest absolute Gasteiger partial charge is 0.352 e. The van der Waals surface area contributed by atoms with Crippen LogP contribution in [0.3, 0.4) is 0 Å². The molecule has 4 fully saturated rings. The number of pyridine rings is 1. The Morgan fingerprint density at radius 3 is 2.06 bits per heavy atom. The number of carbonyl (C=O) groups is 3. The van der Waals surface area contributed by atoms with E-state index in [1.165, 1.54) is 25.5 Å². The molecule has 3 amide bonds. The summed E-state index contributed by atoms with van der Waals surface area (Å²) in [5.41, 5.74) is 6.18. The second-order valence-electron chi connectivity index (χ2n) is 9.70. The first-order valence-electron chi connectivity index (χ1n) is 11.4. The minimum absolute atomic E-state index is 0.152. The lowest BCUT2D eigenvalue weighted by Crippen LogP contribution is -2.53. The van der Waals surface area contributed by atoms with Crippen LogP contribution in [-0.2, 0) is 11.3 Å². The maximum Gasteiger partial charge on any atom is 0.288 e. The second kappa shape index (κ2) is 8.37. The highest BCUT2D eigenvalue weighted by atomic mass is 16.2. The zero-order valence-corrected chi connectivity index (χ0v) is 18.0. The smallest absolute Gasteiger partial charge is 0.288 e. The molecule has 4 saturated carbocycles. The summed E-state index contributed by atoms with van der Waals surface area (Å²) in [7, 11) is 0. The number of amides is 3. The number of nitrogens with one attached hydrogen (secondary N) is 3. The third kappa shape index (κ3) is 4.11. The van der Waals surface area contributed by atoms with Gasteiger partial charge >= 0.3 is 0 Å². The van der Waals surface area contributed by atoms with Crippen LogP contribution in [0.4, 0.5) is 0 Å². The molecule has 166 valence electrons. The molecule has 4 bridgehead atoms. The van der Waals surface area contributed by atoms with Gasteiger partial charge in [-0.2, -0.15) is 0 Å². The van der Waals surface area contributed by atoms with Gasteiger partial charge in [-0.3, -0.25) is 30.2 Å². The zero-order chi connectivity index (χ0) is 22.1. The Hall–Kier alpha value is -3.22. The van der Waals surface area contributed by atoms with Gasteiger partial charge in [0.2, 0.25) is 5.91 Å². The van der Waals surface area contributed by atoms with Crippen LogP contribution in [0.2, 0.25) is 0 Å². The van der Waals surface area contributed by atoms with Gasteiger partial charge in [-0.1, -0.05) is 18.2 Å². The van der Waals surface area contributed by atoms with Gasteiger partial charge in [0.25, 0.3) is 11.8 Å². The number of hydrogen-bond acceptors (Lipinski definition) is 4. The van der Waals surface area contributed by atoms with E-state index in [-0.39, 0.29) is 17.0 Å². The SMILES string of the molecule is O=C(NNC(=O)c1ccccn1)c1ccc(CNC(=O)C23CC4CC(CC(C4)C2)C3)cc1. The third-order valence-corrected chi connectivity index (χ3v) is 7.38. The van der Waals surface area contributed by atoms with Gasteiger partial charge < -0.3 is 5.32 Å².